The summed E-state index contributed by atoms with van der Waals surface area (Å²) in [5, 5.41) is 0. The highest BCUT2D eigenvalue weighted by Crippen LogP contribution is 2.40. The molecule has 0 radical (unpaired) electrons. The fourth-order valence-corrected chi connectivity index (χ4v) is 5.56. The number of anilines is 1. The van der Waals surface area contributed by atoms with Crippen molar-refractivity contribution in [2.45, 2.75) is 54.0 Å². The van der Waals surface area contributed by atoms with E-state index in [2.05, 4.69) is 60.9 Å². The van der Waals surface area contributed by atoms with Gasteiger partial charge in [-0.15, -0.1) is 0 Å². The molecule has 0 aliphatic carbocycles. The summed E-state index contributed by atoms with van der Waals surface area (Å²) in [5.41, 5.74) is 7.73. The minimum absolute atomic E-state index is 0.0771. The third-order valence-electron chi connectivity index (χ3n) is 7.85. The molecule has 5 rings (SSSR count). The van der Waals surface area contributed by atoms with Crippen LogP contribution in [0.2, 0.25) is 0 Å². The Labute approximate surface area is 256 Å². The molecule has 1 aliphatic rings. The number of benzene rings is 2. The van der Waals surface area contributed by atoms with Gasteiger partial charge < -0.3 is 18.9 Å². The maximum atomic E-state index is 12.6. The second kappa shape index (κ2) is 13.6. The van der Waals surface area contributed by atoms with E-state index in [-0.39, 0.29) is 18.0 Å². The van der Waals surface area contributed by atoms with Crippen LogP contribution >= 0.6 is 0 Å². The SMILES string of the molecule is CC.COCOc1c(-c2ccc(-n3ccn(C)c3=O)c(C)c2)cc(C)nc1-c1cccc(N2CCN(C(C)(C)C)CC2)c1. The first kappa shape index (κ1) is 32.0. The highest BCUT2D eigenvalue weighted by Gasteiger charge is 2.26. The molecule has 8 heteroatoms. The van der Waals surface area contributed by atoms with Crippen LogP contribution in [0.5, 0.6) is 5.75 Å². The highest BCUT2D eigenvalue weighted by atomic mass is 16.7. The van der Waals surface area contributed by atoms with Crippen LogP contribution in [-0.4, -0.2) is 64.6 Å². The van der Waals surface area contributed by atoms with Crippen molar-refractivity contribution in [2.24, 2.45) is 7.05 Å². The molecule has 43 heavy (non-hydrogen) atoms. The van der Waals surface area contributed by atoms with E-state index in [1.807, 2.05) is 45.9 Å². The third-order valence-corrected chi connectivity index (χ3v) is 7.85. The van der Waals surface area contributed by atoms with E-state index in [9.17, 15) is 4.79 Å². The number of piperazine rings is 1. The lowest BCUT2D eigenvalue weighted by Gasteiger charge is -2.43. The van der Waals surface area contributed by atoms with Crippen LogP contribution in [-0.2, 0) is 11.8 Å². The summed E-state index contributed by atoms with van der Waals surface area (Å²) in [6.07, 6.45) is 3.56. The van der Waals surface area contributed by atoms with Crippen LogP contribution in [0.3, 0.4) is 0 Å². The number of aromatic nitrogens is 3. The van der Waals surface area contributed by atoms with Crippen molar-refractivity contribution in [3.63, 3.8) is 0 Å². The number of methoxy groups -OCH3 is 1. The Morgan fingerprint density at radius 2 is 1.63 bits per heavy atom. The number of hydrogen-bond acceptors (Lipinski definition) is 6. The van der Waals surface area contributed by atoms with Crippen LogP contribution in [0, 0.1) is 13.8 Å². The summed E-state index contributed by atoms with van der Waals surface area (Å²) in [7, 11) is 3.37. The molecule has 0 bridgehead atoms. The van der Waals surface area contributed by atoms with Gasteiger partial charge >= 0.3 is 5.69 Å². The predicted molar refractivity (Wildman–Crippen MR) is 177 cm³/mol. The van der Waals surface area contributed by atoms with Crippen molar-refractivity contribution in [3.05, 3.63) is 82.7 Å². The van der Waals surface area contributed by atoms with Crippen molar-refractivity contribution in [1.29, 1.82) is 0 Å². The average molecular weight is 586 g/mol. The Balaban J connectivity index is 0.00000207. The summed E-state index contributed by atoms with van der Waals surface area (Å²) in [6, 6.07) is 16.7. The monoisotopic (exact) mass is 585 g/mol. The largest absolute Gasteiger partial charge is 0.465 e. The van der Waals surface area contributed by atoms with Gasteiger partial charge in [0.15, 0.2) is 12.5 Å². The zero-order valence-corrected chi connectivity index (χ0v) is 27.3. The summed E-state index contributed by atoms with van der Waals surface area (Å²) in [6.45, 7) is 19.0. The van der Waals surface area contributed by atoms with E-state index in [1.54, 1.807) is 35.7 Å². The van der Waals surface area contributed by atoms with Gasteiger partial charge in [0.05, 0.1) is 5.69 Å². The molecular weight excluding hydrogens is 538 g/mol. The van der Waals surface area contributed by atoms with Crippen molar-refractivity contribution in [1.82, 2.24) is 19.0 Å². The van der Waals surface area contributed by atoms with Gasteiger partial charge in [0.1, 0.15) is 5.69 Å². The Hall–Kier alpha value is -3.88. The molecule has 0 unspecified atom stereocenters. The Morgan fingerprint density at radius 1 is 0.907 bits per heavy atom. The van der Waals surface area contributed by atoms with Gasteiger partial charge in [-0.2, -0.15) is 0 Å². The van der Waals surface area contributed by atoms with Crippen LogP contribution in [0.4, 0.5) is 5.69 Å². The molecule has 4 aromatic rings. The maximum Gasteiger partial charge on any atom is 0.332 e. The van der Waals surface area contributed by atoms with Gasteiger partial charge in [0, 0.05) is 80.8 Å². The zero-order valence-electron chi connectivity index (χ0n) is 27.3. The fourth-order valence-electron chi connectivity index (χ4n) is 5.56. The molecule has 0 amide bonds. The Bertz CT molecular complexity index is 1590. The highest BCUT2D eigenvalue weighted by molar-refractivity contribution is 5.82. The maximum absolute atomic E-state index is 12.6. The minimum Gasteiger partial charge on any atom is -0.465 e. The van der Waals surface area contributed by atoms with E-state index in [0.29, 0.717) is 5.75 Å². The summed E-state index contributed by atoms with van der Waals surface area (Å²) in [5.74, 6) is 0.677. The number of imidazole rings is 1. The molecule has 2 aromatic heterocycles. The summed E-state index contributed by atoms with van der Waals surface area (Å²) >= 11 is 0. The van der Waals surface area contributed by atoms with Crippen LogP contribution < -0.4 is 15.3 Å². The standard InChI is InChI=1S/C33H41N5O3.C2H6/c1-23-19-25(11-12-29(23)38-18-13-35(6)32(38)39)28-20-24(2)34-30(31(28)41-22-40-7)26-9-8-10-27(21-26)36-14-16-37(17-15-36)33(3,4)5;1-2/h8-13,18-21H,14-17,22H2,1-7H3;1-2H3. The molecule has 1 fully saturated rings. The van der Waals surface area contributed by atoms with Crippen molar-refractivity contribution >= 4 is 5.69 Å². The normalized spacial score (nSPS) is 13.9. The molecule has 8 nitrogen and oxygen atoms in total. The number of hydrogen-bond donors (Lipinski definition) is 0. The third kappa shape index (κ3) is 7.03. The van der Waals surface area contributed by atoms with E-state index >= 15 is 0 Å². The lowest BCUT2D eigenvalue weighted by Crippen LogP contribution is -2.53. The molecule has 1 saturated heterocycles. The lowest BCUT2D eigenvalue weighted by molar-refractivity contribution is 0.0517. The number of rotatable bonds is 7. The second-order valence-electron chi connectivity index (χ2n) is 11.8. The van der Waals surface area contributed by atoms with Gasteiger partial charge in [-0.3, -0.25) is 9.47 Å². The first-order chi connectivity index (χ1) is 20.6. The summed E-state index contributed by atoms with van der Waals surface area (Å²) < 4.78 is 14.8. The molecule has 0 spiro atoms. The molecular formula is C35H47N5O3. The molecule has 0 atom stereocenters. The van der Waals surface area contributed by atoms with Gasteiger partial charge in [0.2, 0.25) is 0 Å². The predicted octanol–water partition coefficient (Wildman–Crippen LogP) is 6.45. The topological polar surface area (TPSA) is 64.8 Å². The zero-order chi connectivity index (χ0) is 31.3. The number of nitrogens with zero attached hydrogens (tertiary/aromatic N) is 5. The first-order valence-electron chi connectivity index (χ1n) is 15.2. The number of ether oxygens (including phenoxy) is 2. The van der Waals surface area contributed by atoms with E-state index in [4.69, 9.17) is 14.5 Å². The lowest BCUT2D eigenvalue weighted by atomic mass is 9.98. The van der Waals surface area contributed by atoms with Gasteiger partial charge in [-0.25, -0.2) is 9.78 Å². The van der Waals surface area contributed by atoms with Crippen LogP contribution in [0.1, 0.15) is 45.9 Å². The Kier molecular flexibility index (Phi) is 10.1. The molecule has 2 aromatic carbocycles. The first-order valence-corrected chi connectivity index (χ1v) is 15.2. The number of pyridine rings is 1. The Morgan fingerprint density at radius 3 is 2.23 bits per heavy atom. The van der Waals surface area contributed by atoms with Crippen molar-refractivity contribution in [2.75, 3.05) is 45.0 Å². The van der Waals surface area contributed by atoms with Gasteiger partial charge in [-0.05, 0) is 76.1 Å². The van der Waals surface area contributed by atoms with Crippen molar-refractivity contribution < 1.29 is 9.47 Å². The second-order valence-corrected chi connectivity index (χ2v) is 11.8. The molecule has 0 saturated carbocycles. The van der Waals surface area contributed by atoms with E-state index in [0.717, 1.165) is 65.5 Å². The molecule has 1 aliphatic heterocycles. The average Bonchev–Trinajstić information content (AvgIpc) is 3.34. The van der Waals surface area contributed by atoms with Gasteiger partial charge in [-0.1, -0.05) is 32.0 Å². The van der Waals surface area contributed by atoms with E-state index < -0.39 is 0 Å². The van der Waals surface area contributed by atoms with Crippen molar-refractivity contribution in [3.8, 4) is 33.8 Å². The quantitative estimate of drug-likeness (QED) is 0.232. The fraction of sp³-hybridized carbons (Fsp3) is 0.429. The minimum atomic E-state index is -0.0771. The smallest absolute Gasteiger partial charge is 0.332 e. The molecule has 0 N–H and O–H groups in total. The molecule has 230 valence electrons. The summed E-state index contributed by atoms with van der Waals surface area (Å²) in [4.78, 5) is 22.5. The van der Waals surface area contributed by atoms with E-state index in [1.165, 1.54) is 5.69 Å². The molecule has 3 heterocycles. The van der Waals surface area contributed by atoms with Crippen LogP contribution in [0.25, 0.3) is 28.1 Å². The van der Waals surface area contributed by atoms with Crippen LogP contribution in [0.15, 0.2) is 65.7 Å². The van der Waals surface area contributed by atoms with Gasteiger partial charge in [0.25, 0.3) is 0 Å². The number of aryl methyl sites for hydroxylation is 3.